The summed E-state index contributed by atoms with van der Waals surface area (Å²) >= 11 is 0. The third-order valence-corrected chi connectivity index (χ3v) is 4.13. The number of nitrogens with zero attached hydrogens (tertiary/aromatic N) is 4. The van der Waals surface area contributed by atoms with E-state index in [1.807, 2.05) is 25.1 Å². The first-order valence-corrected chi connectivity index (χ1v) is 8.50. The molecule has 0 radical (unpaired) electrons. The largest absolute Gasteiger partial charge is 0.491 e. The SMILES string of the molecule is C[C@@H]1CCOCCOCCn2ncc(n2)-c2n[nH]c3ccc(cc23)O1. The van der Waals surface area contributed by atoms with Gasteiger partial charge in [-0.2, -0.15) is 20.1 Å². The summed E-state index contributed by atoms with van der Waals surface area (Å²) in [6, 6.07) is 5.91. The summed E-state index contributed by atoms with van der Waals surface area (Å²) in [7, 11) is 0. The molecule has 0 spiro atoms. The maximum Gasteiger partial charge on any atom is 0.133 e. The van der Waals surface area contributed by atoms with Gasteiger partial charge < -0.3 is 14.2 Å². The van der Waals surface area contributed by atoms with E-state index in [0.717, 1.165) is 34.5 Å². The Labute approximate surface area is 145 Å². The van der Waals surface area contributed by atoms with Gasteiger partial charge in [-0.1, -0.05) is 0 Å². The Morgan fingerprint density at radius 2 is 2.04 bits per heavy atom. The number of ether oxygens (including phenoxy) is 3. The fourth-order valence-electron chi connectivity index (χ4n) is 2.78. The Kier molecular flexibility index (Phi) is 4.62. The molecular weight excluding hydrogens is 322 g/mol. The van der Waals surface area contributed by atoms with Gasteiger partial charge in [0.15, 0.2) is 0 Å². The Bertz CT molecular complexity index is 844. The minimum Gasteiger partial charge on any atom is -0.491 e. The number of aromatic amines is 1. The number of hydrogen-bond acceptors (Lipinski definition) is 6. The fourth-order valence-corrected chi connectivity index (χ4v) is 2.78. The number of aromatic nitrogens is 5. The van der Waals surface area contributed by atoms with Gasteiger partial charge in [0.05, 0.1) is 50.8 Å². The van der Waals surface area contributed by atoms with E-state index in [4.69, 9.17) is 14.2 Å². The molecule has 25 heavy (non-hydrogen) atoms. The molecule has 132 valence electrons. The number of H-pyrrole nitrogens is 1. The van der Waals surface area contributed by atoms with Crippen molar-refractivity contribution in [1.82, 2.24) is 25.2 Å². The molecule has 4 rings (SSSR count). The van der Waals surface area contributed by atoms with Crippen LogP contribution in [-0.4, -0.2) is 57.7 Å². The molecule has 0 aliphatic carbocycles. The van der Waals surface area contributed by atoms with Gasteiger partial charge in [0, 0.05) is 11.8 Å². The lowest BCUT2D eigenvalue weighted by molar-refractivity contribution is 0.0334. The summed E-state index contributed by atoms with van der Waals surface area (Å²) in [6.45, 7) is 4.96. The van der Waals surface area contributed by atoms with Crippen LogP contribution in [0.5, 0.6) is 5.75 Å². The number of nitrogens with one attached hydrogen (secondary N) is 1. The fraction of sp³-hybridized carbons (Fsp3) is 0.471. The van der Waals surface area contributed by atoms with E-state index in [1.165, 1.54) is 0 Å². The van der Waals surface area contributed by atoms with Crippen molar-refractivity contribution in [2.45, 2.75) is 26.0 Å². The van der Waals surface area contributed by atoms with Gasteiger partial charge in [-0.3, -0.25) is 5.10 Å². The van der Waals surface area contributed by atoms with Gasteiger partial charge in [-0.05, 0) is 25.1 Å². The molecule has 1 aliphatic rings. The van der Waals surface area contributed by atoms with Gasteiger partial charge in [0.2, 0.25) is 0 Å². The molecule has 1 N–H and O–H groups in total. The van der Waals surface area contributed by atoms with Crippen molar-refractivity contribution in [3.8, 4) is 17.1 Å². The highest BCUT2D eigenvalue weighted by Crippen LogP contribution is 2.28. The van der Waals surface area contributed by atoms with E-state index in [0.29, 0.717) is 33.0 Å². The lowest BCUT2D eigenvalue weighted by atomic mass is 10.1. The molecule has 0 fully saturated rings. The minimum absolute atomic E-state index is 0.0604. The van der Waals surface area contributed by atoms with Crippen molar-refractivity contribution in [3.63, 3.8) is 0 Å². The molecule has 1 aliphatic heterocycles. The van der Waals surface area contributed by atoms with Gasteiger partial charge in [0.1, 0.15) is 17.1 Å². The summed E-state index contributed by atoms with van der Waals surface area (Å²) in [5.74, 6) is 0.808. The normalized spacial score (nSPS) is 19.6. The summed E-state index contributed by atoms with van der Waals surface area (Å²) in [5.41, 5.74) is 2.44. The van der Waals surface area contributed by atoms with E-state index in [9.17, 15) is 0 Å². The quantitative estimate of drug-likeness (QED) is 0.672. The summed E-state index contributed by atoms with van der Waals surface area (Å²) in [6.07, 6.45) is 2.60. The maximum absolute atomic E-state index is 6.01. The predicted molar refractivity (Wildman–Crippen MR) is 91.5 cm³/mol. The summed E-state index contributed by atoms with van der Waals surface area (Å²) in [4.78, 5) is 1.62. The molecule has 0 saturated heterocycles. The lowest BCUT2D eigenvalue weighted by Gasteiger charge is -2.15. The molecule has 0 amide bonds. The lowest BCUT2D eigenvalue weighted by Crippen LogP contribution is -2.16. The molecular formula is C17H21N5O3. The Morgan fingerprint density at radius 3 is 2.96 bits per heavy atom. The topological polar surface area (TPSA) is 87.1 Å². The molecule has 2 aromatic heterocycles. The first kappa shape index (κ1) is 16.0. The maximum atomic E-state index is 6.01. The van der Waals surface area contributed by atoms with Crippen LogP contribution in [0.2, 0.25) is 0 Å². The summed E-state index contributed by atoms with van der Waals surface area (Å²) in [5, 5.41) is 17.2. The Morgan fingerprint density at radius 1 is 1.16 bits per heavy atom. The third-order valence-electron chi connectivity index (χ3n) is 4.13. The molecule has 8 heteroatoms. The van der Waals surface area contributed by atoms with Crippen LogP contribution < -0.4 is 4.74 Å². The highest BCUT2D eigenvalue weighted by atomic mass is 16.5. The zero-order valence-electron chi connectivity index (χ0n) is 14.1. The molecule has 0 saturated carbocycles. The second-order valence-corrected chi connectivity index (χ2v) is 6.05. The molecule has 3 aromatic rings. The first-order chi connectivity index (χ1) is 12.3. The monoisotopic (exact) mass is 343 g/mol. The molecule has 8 nitrogen and oxygen atoms in total. The second kappa shape index (κ2) is 7.20. The van der Waals surface area contributed by atoms with Crippen molar-refractivity contribution in [2.75, 3.05) is 26.4 Å². The average molecular weight is 343 g/mol. The van der Waals surface area contributed by atoms with Crippen molar-refractivity contribution < 1.29 is 14.2 Å². The standard InChI is InChI=1S/C17H21N5O3/c1-12-4-6-23-8-9-24-7-5-22-18-11-16(21-22)17-14-10-13(25-12)2-3-15(14)19-20-17/h2-3,10-12H,4-9H2,1H3,(H,19,20)/t12-/m1/s1. The van der Waals surface area contributed by atoms with Crippen molar-refractivity contribution >= 4 is 10.9 Å². The van der Waals surface area contributed by atoms with Crippen molar-refractivity contribution in [2.24, 2.45) is 0 Å². The molecule has 3 heterocycles. The van der Waals surface area contributed by atoms with E-state index in [1.54, 1.807) is 11.0 Å². The van der Waals surface area contributed by atoms with Gasteiger partial charge in [0.25, 0.3) is 0 Å². The van der Waals surface area contributed by atoms with Gasteiger partial charge >= 0.3 is 0 Å². The number of benzene rings is 1. The Hall–Kier alpha value is -2.45. The van der Waals surface area contributed by atoms with Crippen LogP contribution in [0.1, 0.15) is 13.3 Å². The van der Waals surface area contributed by atoms with Crippen LogP contribution in [0.25, 0.3) is 22.3 Å². The second-order valence-electron chi connectivity index (χ2n) is 6.05. The highest BCUT2D eigenvalue weighted by Gasteiger charge is 2.14. The van der Waals surface area contributed by atoms with Crippen LogP contribution in [0.15, 0.2) is 24.4 Å². The van der Waals surface area contributed by atoms with E-state index < -0.39 is 0 Å². The van der Waals surface area contributed by atoms with E-state index in [-0.39, 0.29) is 6.10 Å². The zero-order valence-corrected chi connectivity index (χ0v) is 14.1. The average Bonchev–Trinajstić information content (AvgIpc) is 3.22. The van der Waals surface area contributed by atoms with Gasteiger partial charge in [-0.25, -0.2) is 0 Å². The molecule has 0 unspecified atom stereocenters. The Balaban J connectivity index is 1.67. The first-order valence-electron chi connectivity index (χ1n) is 8.50. The molecule has 1 aromatic carbocycles. The smallest absolute Gasteiger partial charge is 0.133 e. The van der Waals surface area contributed by atoms with Crippen LogP contribution >= 0.6 is 0 Å². The van der Waals surface area contributed by atoms with Crippen LogP contribution in [0.4, 0.5) is 0 Å². The van der Waals surface area contributed by atoms with Crippen LogP contribution in [-0.2, 0) is 16.0 Å². The predicted octanol–water partition coefficient (Wildman–Crippen LogP) is 2.03. The van der Waals surface area contributed by atoms with Crippen molar-refractivity contribution in [3.05, 3.63) is 24.4 Å². The van der Waals surface area contributed by atoms with Crippen LogP contribution in [0.3, 0.4) is 0 Å². The highest BCUT2D eigenvalue weighted by molar-refractivity contribution is 5.92. The van der Waals surface area contributed by atoms with Crippen molar-refractivity contribution in [1.29, 1.82) is 0 Å². The number of rotatable bonds is 0. The number of hydrogen-bond donors (Lipinski definition) is 1. The molecule has 4 bridgehead atoms. The van der Waals surface area contributed by atoms with E-state index >= 15 is 0 Å². The minimum atomic E-state index is 0.0604. The molecule has 1 atom stereocenters. The number of fused-ring (bicyclic) bond motifs is 4. The van der Waals surface area contributed by atoms with Crippen LogP contribution in [0, 0.1) is 0 Å². The third kappa shape index (κ3) is 3.64. The van der Waals surface area contributed by atoms with Gasteiger partial charge in [-0.15, -0.1) is 0 Å². The zero-order chi connectivity index (χ0) is 17.1. The summed E-state index contributed by atoms with van der Waals surface area (Å²) < 4.78 is 17.2. The van der Waals surface area contributed by atoms with E-state index in [2.05, 4.69) is 20.4 Å².